The number of para-hydroxylation sites is 1. The minimum Gasteiger partial charge on any atom is -0.506 e. The van der Waals surface area contributed by atoms with Crippen molar-refractivity contribution in [1.82, 2.24) is 14.9 Å². The molecule has 0 spiro atoms. The van der Waals surface area contributed by atoms with Crippen LogP contribution in [0.4, 0.5) is 0 Å². The van der Waals surface area contributed by atoms with Gasteiger partial charge in [-0.1, -0.05) is 23.7 Å². The van der Waals surface area contributed by atoms with Crippen LogP contribution in [-0.2, 0) is 19.5 Å². The Labute approximate surface area is 131 Å². The minimum absolute atomic E-state index is 0.112. The van der Waals surface area contributed by atoms with Crippen LogP contribution in [0.5, 0.6) is 5.75 Å². The molecular weight excluding hydrogens is 310 g/mol. The third-order valence-corrected chi connectivity index (χ3v) is 4.16. The largest absolute Gasteiger partial charge is 0.506 e. The molecule has 1 aromatic heterocycles. The van der Waals surface area contributed by atoms with Crippen molar-refractivity contribution < 1.29 is 5.11 Å². The molecule has 1 aromatic carbocycles. The average Bonchev–Trinajstić information content (AvgIpc) is 2.43. The number of fused-ring (bicyclic) bond motifs is 1. The van der Waals surface area contributed by atoms with E-state index in [4.69, 9.17) is 23.8 Å². The summed E-state index contributed by atoms with van der Waals surface area (Å²) >= 11 is 10.9. The molecule has 0 bridgehead atoms. The van der Waals surface area contributed by atoms with Crippen LogP contribution >= 0.6 is 23.8 Å². The number of phenols is 1. The van der Waals surface area contributed by atoms with Gasteiger partial charge in [-0.05, 0) is 24.7 Å². The van der Waals surface area contributed by atoms with Gasteiger partial charge in [0.1, 0.15) is 5.75 Å². The van der Waals surface area contributed by atoms with Crippen LogP contribution in [0.3, 0.4) is 0 Å². The van der Waals surface area contributed by atoms with Gasteiger partial charge in [0.05, 0.1) is 5.02 Å². The first-order valence-electron chi connectivity index (χ1n) is 6.57. The Morgan fingerprint density at radius 3 is 3.00 bits per heavy atom. The summed E-state index contributed by atoms with van der Waals surface area (Å²) in [5, 5.41) is 10.3. The summed E-state index contributed by atoms with van der Waals surface area (Å²) in [7, 11) is 0. The van der Waals surface area contributed by atoms with E-state index in [1.54, 1.807) is 6.07 Å². The van der Waals surface area contributed by atoms with Crippen LogP contribution < -0.4 is 5.56 Å². The highest BCUT2D eigenvalue weighted by Crippen LogP contribution is 2.28. The molecule has 0 saturated heterocycles. The van der Waals surface area contributed by atoms with Crippen LogP contribution in [0.2, 0.25) is 5.02 Å². The van der Waals surface area contributed by atoms with Gasteiger partial charge in [-0.15, -0.1) is 0 Å². The number of rotatable bonds is 2. The van der Waals surface area contributed by atoms with E-state index >= 15 is 0 Å². The standard InChI is InChI=1S/C14H14ClN3O2S/c15-10-3-1-2-8(12(10)19)6-18-5-4-9-11(7-18)16-14(21)17-13(9)20/h1-3,19H,4-7H2,(H2,16,17,20,21). The monoisotopic (exact) mass is 323 g/mol. The molecule has 2 heterocycles. The van der Waals surface area contributed by atoms with Crippen molar-refractivity contribution in [3.8, 4) is 5.75 Å². The lowest BCUT2D eigenvalue weighted by Crippen LogP contribution is -2.34. The third-order valence-electron chi connectivity index (χ3n) is 3.65. The maximum atomic E-state index is 11.8. The van der Waals surface area contributed by atoms with Crippen molar-refractivity contribution in [2.24, 2.45) is 0 Å². The molecule has 3 N–H and O–H groups in total. The van der Waals surface area contributed by atoms with Crippen molar-refractivity contribution in [3.05, 3.63) is 55.2 Å². The number of phenolic OH excluding ortho intramolecular Hbond substituents is 1. The van der Waals surface area contributed by atoms with E-state index < -0.39 is 0 Å². The molecule has 1 aliphatic heterocycles. The average molecular weight is 324 g/mol. The Hall–Kier alpha value is -1.63. The Kier molecular flexibility index (Phi) is 3.84. The molecule has 2 aromatic rings. The van der Waals surface area contributed by atoms with Crippen molar-refractivity contribution in [2.75, 3.05) is 6.54 Å². The fraction of sp³-hybridized carbons (Fsp3) is 0.286. The van der Waals surface area contributed by atoms with E-state index in [1.807, 2.05) is 12.1 Å². The van der Waals surface area contributed by atoms with Gasteiger partial charge in [0.25, 0.3) is 5.56 Å². The number of nitrogens with one attached hydrogen (secondary N) is 2. The smallest absolute Gasteiger partial charge is 0.255 e. The van der Waals surface area contributed by atoms with Crippen LogP contribution in [0.15, 0.2) is 23.0 Å². The van der Waals surface area contributed by atoms with Crippen molar-refractivity contribution in [1.29, 1.82) is 0 Å². The molecule has 3 rings (SSSR count). The van der Waals surface area contributed by atoms with E-state index in [0.29, 0.717) is 29.3 Å². The SMILES string of the molecule is O=c1[nH]c(=S)[nH]c2c1CCN(Cc1cccc(Cl)c1O)C2. The lowest BCUT2D eigenvalue weighted by Gasteiger charge is -2.28. The summed E-state index contributed by atoms with van der Waals surface area (Å²) in [6.45, 7) is 1.90. The Bertz CT molecular complexity index is 800. The maximum Gasteiger partial charge on any atom is 0.255 e. The number of hydrogen-bond acceptors (Lipinski definition) is 4. The van der Waals surface area contributed by atoms with Gasteiger partial charge in [-0.25, -0.2) is 0 Å². The van der Waals surface area contributed by atoms with Gasteiger partial charge in [0.15, 0.2) is 4.77 Å². The Morgan fingerprint density at radius 2 is 2.19 bits per heavy atom. The van der Waals surface area contributed by atoms with Gasteiger partial charge in [-0.2, -0.15) is 0 Å². The number of aromatic nitrogens is 2. The van der Waals surface area contributed by atoms with Gasteiger partial charge < -0.3 is 10.1 Å². The summed E-state index contributed by atoms with van der Waals surface area (Å²) in [5.74, 6) is 0.115. The van der Waals surface area contributed by atoms with Crippen molar-refractivity contribution >= 4 is 23.8 Å². The number of hydrogen-bond donors (Lipinski definition) is 3. The zero-order valence-corrected chi connectivity index (χ0v) is 12.7. The van der Waals surface area contributed by atoms with Gasteiger partial charge in [0, 0.05) is 36.5 Å². The second-order valence-electron chi connectivity index (χ2n) is 5.07. The predicted molar refractivity (Wildman–Crippen MR) is 83.2 cm³/mol. The second kappa shape index (κ2) is 5.63. The highest BCUT2D eigenvalue weighted by atomic mass is 35.5. The summed E-state index contributed by atoms with van der Waals surface area (Å²) < 4.78 is 0.339. The minimum atomic E-state index is -0.112. The van der Waals surface area contributed by atoms with Crippen molar-refractivity contribution in [2.45, 2.75) is 19.5 Å². The normalized spacial score (nSPS) is 14.9. The van der Waals surface area contributed by atoms with E-state index in [9.17, 15) is 9.90 Å². The molecular formula is C14H14ClN3O2S. The Balaban J connectivity index is 1.85. The third kappa shape index (κ3) is 2.88. The van der Waals surface area contributed by atoms with Gasteiger partial charge >= 0.3 is 0 Å². The molecule has 0 aliphatic carbocycles. The molecule has 5 nitrogen and oxygen atoms in total. The quantitative estimate of drug-likeness (QED) is 0.742. The summed E-state index contributed by atoms with van der Waals surface area (Å²) in [6.07, 6.45) is 0.651. The summed E-state index contributed by atoms with van der Waals surface area (Å²) in [6, 6.07) is 5.31. The van der Waals surface area contributed by atoms with Crippen molar-refractivity contribution in [3.63, 3.8) is 0 Å². The van der Waals surface area contributed by atoms with E-state index in [2.05, 4.69) is 14.9 Å². The van der Waals surface area contributed by atoms with Crippen LogP contribution in [-0.4, -0.2) is 26.5 Å². The molecule has 0 amide bonds. The number of nitrogens with zero attached hydrogens (tertiary/aromatic N) is 1. The fourth-order valence-corrected chi connectivity index (χ4v) is 3.00. The zero-order chi connectivity index (χ0) is 15.0. The summed E-state index contributed by atoms with van der Waals surface area (Å²) in [5.41, 5.74) is 2.26. The molecule has 1 aliphatic rings. The molecule has 0 saturated carbocycles. The Morgan fingerprint density at radius 1 is 1.38 bits per heavy atom. The number of aromatic amines is 2. The number of halogens is 1. The predicted octanol–water partition coefficient (Wildman–Crippen LogP) is 2.35. The number of benzene rings is 1. The highest BCUT2D eigenvalue weighted by Gasteiger charge is 2.20. The zero-order valence-electron chi connectivity index (χ0n) is 11.1. The molecule has 0 atom stereocenters. The van der Waals surface area contributed by atoms with Crippen LogP contribution in [0, 0.1) is 4.77 Å². The molecule has 0 radical (unpaired) electrons. The molecule has 7 heteroatoms. The molecule has 21 heavy (non-hydrogen) atoms. The highest BCUT2D eigenvalue weighted by molar-refractivity contribution is 7.71. The van der Waals surface area contributed by atoms with E-state index in [0.717, 1.165) is 23.4 Å². The van der Waals surface area contributed by atoms with Crippen LogP contribution in [0.1, 0.15) is 16.8 Å². The first-order chi connectivity index (χ1) is 10.0. The van der Waals surface area contributed by atoms with Gasteiger partial charge in [-0.3, -0.25) is 14.7 Å². The molecule has 0 unspecified atom stereocenters. The maximum absolute atomic E-state index is 11.8. The molecule has 110 valence electrons. The lowest BCUT2D eigenvalue weighted by atomic mass is 10.1. The van der Waals surface area contributed by atoms with E-state index in [-0.39, 0.29) is 11.3 Å². The summed E-state index contributed by atoms with van der Waals surface area (Å²) in [4.78, 5) is 19.6. The topological polar surface area (TPSA) is 72.1 Å². The first kappa shape index (κ1) is 14.3. The van der Waals surface area contributed by atoms with E-state index in [1.165, 1.54) is 0 Å². The fourth-order valence-electron chi connectivity index (χ4n) is 2.59. The first-order valence-corrected chi connectivity index (χ1v) is 7.36. The second-order valence-corrected chi connectivity index (χ2v) is 5.89. The molecule has 0 fully saturated rings. The van der Waals surface area contributed by atoms with Gasteiger partial charge in [0.2, 0.25) is 0 Å². The number of H-pyrrole nitrogens is 2. The number of aromatic hydroxyl groups is 1. The lowest BCUT2D eigenvalue weighted by molar-refractivity contribution is 0.237. The van der Waals surface area contributed by atoms with Crippen LogP contribution in [0.25, 0.3) is 0 Å².